The Morgan fingerprint density at radius 1 is 1.26 bits per heavy atom. The van der Waals surface area contributed by atoms with Crippen LogP contribution in [0.5, 0.6) is 0 Å². The zero-order valence-corrected chi connectivity index (χ0v) is 10.4. The molecule has 0 bridgehead atoms. The third-order valence-electron chi connectivity index (χ3n) is 2.50. The van der Waals surface area contributed by atoms with Crippen LogP contribution in [0.25, 0.3) is 0 Å². The zero-order valence-electron chi connectivity index (χ0n) is 10.4. The van der Waals surface area contributed by atoms with Gasteiger partial charge in [0, 0.05) is 12.7 Å². The molecule has 0 aliphatic heterocycles. The maximum atomic E-state index is 11.7. The number of rotatable bonds is 5. The van der Waals surface area contributed by atoms with Crippen molar-refractivity contribution in [2.75, 3.05) is 25.0 Å². The van der Waals surface area contributed by atoms with Crippen LogP contribution in [-0.4, -0.2) is 43.0 Å². The highest BCUT2D eigenvalue weighted by molar-refractivity contribution is 5.97. The van der Waals surface area contributed by atoms with E-state index in [1.165, 1.54) is 36.2 Å². The molecule has 0 fully saturated rings. The van der Waals surface area contributed by atoms with Gasteiger partial charge in [0.15, 0.2) is 0 Å². The van der Waals surface area contributed by atoms with Crippen molar-refractivity contribution in [3.8, 4) is 0 Å². The van der Waals surface area contributed by atoms with E-state index in [9.17, 15) is 14.4 Å². The lowest BCUT2D eigenvalue weighted by Gasteiger charge is -2.17. The lowest BCUT2D eigenvalue weighted by Crippen LogP contribution is -2.40. The van der Waals surface area contributed by atoms with Gasteiger partial charge in [-0.05, 0) is 24.3 Å². The minimum atomic E-state index is -1.03. The van der Waals surface area contributed by atoms with Crippen LogP contribution in [0.4, 0.5) is 5.69 Å². The monoisotopic (exact) mass is 265 g/mol. The van der Waals surface area contributed by atoms with Crippen molar-refractivity contribution in [3.63, 3.8) is 0 Å². The second kappa shape index (κ2) is 6.50. The fourth-order valence-electron chi connectivity index (χ4n) is 1.34. The van der Waals surface area contributed by atoms with Crippen LogP contribution in [0.2, 0.25) is 0 Å². The lowest BCUT2D eigenvalue weighted by atomic mass is 10.2. The molecule has 0 saturated heterocycles. The molecule has 4 N–H and O–H groups in total. The summed E-state index contributed by atoms with van der Waals surface area (Å²) < 4.78 is 0. The van der Waals surface area contributed by atoms with E-state index in [-0.39, 0.29) is 24.6 Å². The first kappa shape index (κ1) is 14.7. The first-order valence-corrected chi connectivity index (χ1v) is 5.52. The number of aromatic carboxylic acids is 1. The molecular formula is C12H15N3O4. The second-order valence-corrected chi connectivity index (χ2v) is 3.79. The Balaban J connectivity index is 2.66. The van der Waals surface area contributed by atoms with Crippen LogP contribution in [0.1, 0.15) is 10.4 Å². The normalized spacial score (nSPS) is 9.79. The Morgan fingerprint density at radius 2 is 1.84 bits per heavy atom. The van der Waals surface area contributed by atoms with Gasteiger partial charge in [-0.3, -0.25) is 9.59 Å². The van der Waals surface area contributed by atoms with Gasteiger partial charge in [-0.2, -0.15) is 0 Å². The molecule has 1 aromatic carbocycles. The van der Waals surface area contributed by atoms with E-state index in [0.717, 1.165) is 0 Å². The van der Waals surface area contributed by atoms with E-state index >= 15 is 0 Å². The minimum Gasteiger partial charge on any atom is -0.478 e. The number of anilines is 1. The molecule has 7 nitrogen and oxygen atoms in total. The molecule has 0 aliphatic carbocycles. The highest BCUT2D eigenvalue weighted by Gasteiger charge is 2.12. The Morgan fingerprint density at radius 3 is 2.32 bits per heavy atom. The number of likely N-dealkylation sites (N-methyl/N-ethyl adjacent to an activating group) is 1. The molecule has 0 radical (unpaired) electrons. The predicted octanol–water partition coefficient (Wildman–Crippen LogP) is -0.577. The molecule has 1 rings (SSSR count). The molecule has 0 spiro atoms. The number of carboxylic acids is 1. The number of amides is 2. The van der Waals surface area contributed by atoms with Gasteiger partial charge < -0.3 is 21.1 Å². The summed E-state index contributed by atoms with van der Waals surface area (Å²) in [7, 11) is 1.53. The van der Waals surface area contributed by atoms with Crippen molar-refractivity contribution in [2.24, 2.45) is 5.73 Å². The fraction of sp³-hybridized carbons (Fsp3) is 0.250. The molecule has 1 aromatic rings. The predicted molar refractivity (Wildman–Crippen MR) is 68.9 cm³/mol. The number of benzene rings is 1. The largest absolute Gasteiger partial charge is 0.478 e. The summed E-state index contributed by atoms with van der Waals surface area (Å²) in [6.07, 6.45) is 0. The molecular weight excluding hydrogens is 250 g/mol. The van der Waals surface area contributed by atoms with Gasteiger partial charge in [0.1, 0.15) is 0 Å². The van der Waals surface area contributed by atoms with Gasteiger partial charge >= 0.3 is 5.97 Å². The van der Waals surface area contributed by atoms with Crippen LogP contribution in [0.15, 0.2) is 24.3 Å². The zero-order chi connectivity index (χ0) is 14.4. The van der Waals surface area contributed by atoms with Crippen LogP contribution < -0.4 is 16.0 Å². The summed E-state index contributed by atoms with van der Waals surface area (Å²) in [5.41, 5.74) is 5.78. The van der Waals surface area contributed by atoms with Gasteiger partial charge in [-0.25, -0.2) is 4.79 Å². The Hall–Kier alpha value is -2.41. The van der Waals surface area contributed by atoms with Gasteiger partial charge in [-0.1, -0.05) is 0 Å². The molecule has 102 valence electrons. The summed E-state index contributed by atoms with van der Waals surface area (Å²) in [5, 5.41) is 11.1. The number of carbonyl (C=O) groups is 3. The summed E-state index contributed by atoms with van der Waals surface area (Å²) in [4.78, 5) is 34.7. The Kier molecular flexibility index (Phi) is 5.01. The van der Waals surface area contributed by atoms with Crippen molar-refractivity contribution in [1.29, 1.82) is 0 Å². The van der Waals surface area contributed by atoms with Crippen molar-refractivity contribution < 1.29 is 19.5 Å². The van der Waals surface area contributed by atoms with E-state index in [2.05, 4.69) is 5.32 Å². The van der Waals surface area contributed by atoms with Crippen LogP contribution in [0, 0.1) is 0 Å². The van der Waals surface area contributed by atoms with Crippen molar-refractivity contribution >= 4 is 23.5 Å². The van der Waals surface area contributed by atoms with Gasteiger partial charge in [-0.15, -0.1) is 0 Å². The van der Waals surface area contributed by atoms with E-state index in [0.29, 0.717) is 5.69 Å². The molecule has 0 heterocycles. The van der Waals surface area contributed by atoms with E-state index < -0.39 is 11.9 Å². The molecule has 2 amide bonds. The molecule has 0 aromatic heterocycles. The SMILES string of the molecule is CN(C(=O)CNC(=O)CN)c1ccc(C(=O)O)cc1. The Bertz CT molecular complexity index is 484. The van der Waals surface area contributed by atoms with Gasteiger partial charge in [0.05, 0.1) is 18.7 Å². The minimum absolute atomic E-state index is 0.140. The average molecular weight is 265 g/mol. The summed E-state index contributed by atoms with van der Waals surface area (Å²) in [5.74, 6) is -1.77. The van der Waals surface area contributed by atoms with E-state index in [1.54, 1.807) is 0 Å². The number of carbonyl (C=O) groups excluding carboxylic acids is 2. The molecule has 0 unspecified atom stereocenters. The van der Waals surface area contributed by atoms with Crippen molar-refractivity contribution in [3.05, 3.63) is 29.8 Å². The van der Waals surface area contributed by atoms with Crippen LogP contribution in [-0.2, 0) is 9.59 Å². The first-order valence-electron chi connectivity index (χ1n) is 5.52. The number of hydrogen-bond donors (Lipinski definition) is 3. The number of nitrogens with two attached hydrogens (primary N) is 1. The van der Waals surface area contributed by atoms with Gasteiger partial charge in [0.25, 0.3) is 0 Å². The molecule has 0 saturated carbocycles. The molecule has 7 heteroatoms. The molecule has 0 aliphatic rings. The van der Waals surface area contributed by atoms with E-state index in [4.69, 9.17) is 10.8 Å². The van der Waals surface area contributed by atoms with Crippen LogP contribution >= 0.6 is 0 Å². The number of nitrogens with one attached hydrogen (secondary N) is 1. The summed E-state index contributed by atoms with van der Waals surface area (Å²) >= 11 is 0. The third kappa shape index (κ3) is 4.07. The average Bonchev–Trinajstić information content (AvgIpc) is 2.43. The molecule has 19 heavy (non-hydrogen) atoms. The number of carboxylic acid groups (broad SMARTS) is 1. The quantitative estimate of drug-likeness (QED) is 0.659. The fourth-order valence-corrected chi connectivity index (χ4v) is 1.34. The highest BCUT2D eigenvalue weighted by Crippen LogP contribution is 2.13. The van der Waals surface area contributed by atoms with E-state index in [1.807, 2.05) is 0 Å². The van der Waals surface area contributed by atoms with Crippen molar-refractivity contribution in [1.82, 2.24) is 5.32 Å². The molecule has 0 atom stereocenters. The first-order chi connectivity index (χ1) is 8.95. The Labute approximate surface area is 110 Å². The van der Waals surface area contributed by atoms with Gasteiger partial charge in [0.2, 0.25) is 11.8 Å². The smallest absolute Gasteiger partial charge is 0.335 e. The summed E-state index contributed by atoms with van der Waals surface area (Å²) in [6, 6.07) is 5.85. The van der Waals surface area contributed by atoms with Crippen LogP contribution in [0.3, 0.4) is 0 Å². The standard InChI is InChI=1S/C12H15N3O4/c1-15(11(17)7-14-10(16)6-13)9-4-2-8(3-5-9)12(18)19/h2-5H,6-7,13H2,1H3,(H,14,16)(H,18,19). The lowest BCUT2D eigenvalue weighted by molar-refractivity contribution is -0.124. The summed E-state index contributed by atoms with van der Waals surface area (Å²) in [6.45, 7) is -0.336. The number of nitrogens with zero attached hydrogens (tertiary/aromatic N) is 1. The highest BCUT2D eigenvalue weighted by atomic mass is 16.4. The maximum Gasteiger partial charge on any atom is 0.335 e. The topological polar surface area (TPSA) is 113 Å². The number of hydrogen-bond acceptors (Lipinski definition) is 4. The third-order valence-corrected chi connectivity index (χ3v) is 2.50. The van der Waals surface area contributed by atoms with Crippen molar-refractivity contribution in [2.45, 2.75) is 0 Å². The maximum absolute atomic E-state index is 11.7. The second-order valence-electron chi connectivity index (χ2n) is 3.79.